The van der Waals surface area contributed by atoms with Crippen LogP contribution in [-0.4, -0.2) is 28.6 Å². The number of carboxylic acid groups (broad SMARTS) is 1. The molecule has 118 valence electrons. The predicted molar refractivity (Wildman–Crippen MR) is 80.3 cm³/mol. The maximum atomic E-state index is 12.4. The van der Waals surface area contributed by atoms with Crippen LogP contribution in [-0.2, 0) is 9.59 Å². The summed E-state index contributed by atoms with van der Waals surface area (Å²) in [6, 6.07) is -0.387. The Morgan fingerprint density at radius 1 is 1.10 bits per heavy atom. The summed E-state index contributed by atoms with van der Waals surface area (Å²) in [7, 11) is 0. The molecule has 1 amide bonds. The molecule has 0 aliphatic rings. The first-order valence-corrected chi connectivity index (χ1v) is 6.98. The Morgan fingerprint density at radius 3 is 1.85 bits per heavy atom. The van der Waals surface area contributed by atoms with Crippen LogP contribution in [0.25, 0.3) is 0 Å². The van der Waals surface area contributed by atoms with Crippen LogP contribution in [0.2, 0.25) is 0 Å². The summed E-state index contributed by atoms with van der Waals surface area (Å²) in [6.07, 6.45) is 0.524. The lowest BCUT2D eigenvalue weighted by Gasteiger charge is -2.38. The number of carboxylic acids is 1. The molecule has 0 aliphatic carbocycles. The second kappa shape index (κ2) is 6.12. The summed E-state index contributed by atoms with van der Waals surface area (Å²) in [6.45, 7) is 13.2. The molecule has 20 heavy (non-hydrogen) atoms. The lowest BCUT2D eigenvalue weighted by atomic mass is 9.74. The van der Waals surface area contributed by atoms with Crippen molar-refractivity contribution in [3.63, 3.8) is 0 Å². The van der Waals surface area contributed by atoms with E-state index in [0.717, 1.165) is 0 Å². The van der Waals surface area contributed by atoms with Gasteiger partial charge in [-0.2, -0.15) is 0 Å². The van der Waals surface area contributed by atoms with Crippen molar-refractivity contribution in [3.05, 3.63) is 0 Å². The van der Waals surface area contributed by atoms with E-state index in [-0.39, 0.29) is 23.8 Å². The lowest BCUT2D eigenvalue weighted by Crippen LogP contribution is -2.57. The largest absolute Gasteiger partial charge is 0.481 e. The van der Waals surface area contributed by atoms with Crippen LogP contribution >= 0.6 is 0 Å². The van der Waals surface area contributed by atoms with Crippen molar-refractivity contribution in [2.24, 2.45) is 16.6 Å². The Balaban J connectivity index is 4.99. The molecule has 0 aromatic rings. The van der Waals surface area contributed by atoms with Gasteiger partial charge in [0.2, 0.25) is 5.91 Å². The Kier molecular flexibility index (Phi) is 5.78. The molecule has 0 saturated carbocycles. The van der Waals surface area contributed by atoms with Crippen LogP contribution in [0, 0.1) is 10.8 Å². The summed E-state index contributed by atoms with van der Waals surface area (Å²) in [4.78, 5) is 23.4. The van der Waals surface area contributed by atoms with Crippen molar-refractivity contribution in [2.45, 2.75) is 72.9 Å². The van der Waals surface area contributed by atoms with Gasteiger partial charge >= 0.3 is 5.97 Å². The molecule has 0 spiro atoms. The number of hydrogen-bond donors (Lipinski definition) is 3. The standard InChI is InChI=1S/C15H30N2O3/c1-13(2,3)9-10(8-11(18)19)17-12(20)14(4,5)15(6,7)16/h10H,8-9,16H2,1-7H3,(H,17,20)(H,18,19). The average molecular weight is 286 g/mol. The third kappa shape index (κ3) is 5.90. The van der Waals surface area contributed by atoms with Crippen LogP contribution in [0.1, 0.15) is 61.3 Å². The van der Waals surface area contributed by atoms with E-state index in [0.29, 0.717) is 6.42 Å². The van der Waals surface area contributed by atoms with Gasteiger partial charge in [-0.25, -0.2) is 0 Å². The van der Waals surface area contributed by atoms with E-state index in [1.807, 2.05) is 20.8 Å². The Bertz CT molecular complexity index is 362. The van der Waals surface area contributed by atoms with Gasteiger partial charge in [-0.3, -0.25) is 9.59 Å². The fourth-order valence-corrected chi connectivity index (χ4v) is 1.78. The molecule has 0 radical (unpaired) electrons. The van der Waals surface area contributed by atoms with Crippen LogP contribution in [0.3, 0.4) is 0 Å². The van der Waals surface area contributed by atoms with Crippen LogP contribution in [0.4, 0.5) is 0 Å². The minimum Gasteiger partial charge on any atom is -0.481 e. The third-order valence-electron chi connectivity index (χ3n) is 3.79. The summed E-state index contributed by atoms with van der Waals surface area (Å²) < 4.78 is 0. The van der Waals surface area contributed by atoms with Crippen molar-refractivity contribution in [3.8, 4) is 0 Å². The first-order chi connectivity index (χ1) is 8.67. The fraction of sp³-hybridized carbons (Fsp3) is 0.867. The highest BCUT2D eigenvalue weighted by Gasteiger charge is 2.41. The molecule has 0 rings (SSSR count). The first-order valence-electron chi connectivity index (χ1n) is 6.98. The number of hydrogen-bond acceptors (Lipinski definition) is 3. The van der Waals surface area contributed by atoms with E-state index in [2.05, 4.69) is 5.32 Å². The first kappa shape index (κ1) is 18.9. The third-order valence-corrected chi connectivity index (χ3v) is 3.79. The minimum atomic E-state index is -0.913. The monoisotopic (exact) mass is 286 g/mol. The van der Waals surface area contributed by atoms with Crippen LogP contribution in [0.5, 0.6) is 0 Å². The van der Waals surface area contributed by atoms with Gasteiger partial charge in [0.05, 0.1) is 11.8 Å². The Hall–Kier alpha value is -1.10. The van der Waals surface area contributed by atoms with E-state index < -0.39 is 16.9 Å². The molecular weight excluding hydrogens is 256 g/mol. The molecule has 0 saturated heterocycles. The number of rotatable bonds is 6. The van der Waals surface area contributed by atoms with E-state index in [1.54, 1.807) is 27.7 Å². The predicted octanol–water partition coefficient (Wildman–Crippen LogP) is 2.15. The summed E-state index contributed by atoms with van der Waals surface area (Å²) in [5.41, 5.74) is 4.52. The number of nitrogens with two attached hydrogens (primary N) is 1. The second-order valence-electron chi connectivity index (χ2n) is 7.88. The Labute approximate surface area is 122 Å². The molecule has 5 nitrogen and oxygen atoms in total. The van der Waals surface area contributed by atoms with Gasteiger partial charge in [0, 0.05) is 11.6 Å². The van der Waals surface area contributed by atoms with Crippen molar-refractivity contribution in [1.82, 2.24) is 5.32 Å². The summed E-state index contributed by atoms with van der Waals surface area (Å²) >= 11 is 0. The highest BCUT2D eigenvalue weighted by Crippen LogP contribution is 2.29. The zero-order chi connectivity index (χ0) is 16.4. The van der Waals surface area contributed by atoms with Gasteiger partial charge in [-0.05, 0) is 39.5 Å². The van der Waals surface area contributed by atoms with E-state index in [4.69, 9.17) is 10.8 Å². The fourth-order valence-electron chi connectivity index (χ4n) is 1.78. The van der Waals surface area contributed by atoms with Crippen molar-refractivity contribution < 1.29 is 14.7 Å². The molecule has 1 atom stereocenters. The minimum absolute atomic E-state index is 0.0597. The maximum Gasteiger partial charge on any atom is 0.305 e. The second-order valence-corrected chi connectivity index (χ2v) is 7.88. The van der Waals surface area contributed by atoms with Gasteiger partial charge in [-0.1, -0.05) is 20.8 Å². The lowest BCUT2D eigenvalue weighted by molar-refractivity contribution is -0.138. The number of aliphatic carboxylic acids is 1. The molecule has 0 aromatic heterocycles. The molecule has 0 fully saturated rings. The van der Waals surface area contributed by atoms with Gasteiger partial charge in [0.1, 0.15) is 0 Å². The maximum absolute atomic E-state index is 12.4. The van der Waals surface area contributed by atoms with Gasteiger partial charge < -0.3 is 16.2 Å². The molecule has 0 bridgehead atoms. The van der Waals surface area contributed by atoms with Crippen molar-refractivity contribution in [1.29, 1.82) is 0 Å². The molecule has 5 heteroatoms. The van der Waals surface area contributed by atoms with E-state index in [1.165, 1.54) is 0 Å². The van der Waals surface area contributed by atoms with Gasteiger partial charge in [0.15, 0.2) is 0 Å². The topological polar surface area (TPSA) is 92.4 Å². The zero-order valence-electron chi connectivity index (χ0n) is 13.8. The van der Waals surface area contributed by atoms with Gasteiger partial charge in [-0.15, -0.1) is 0 Å². The molecule has 0 aromatic carbocycles. The van der Waals surface area contributed by atoms with E-state index in [9.17, 15) is 9.59 Å². The average Bonchev–Trinajstić information content (AvgIpc) is 2.10. The molecule has 0 aliphatic heterocycles. The highest BCUT2D eigenvalue weighted by atomic mass is 16.4. The summed E-state index contributed by atoms with van der Waals surface area (Å²) in [5, 5.41) is 11.8. The number of nitrogens with one attached hydrogen (secondary N) is 1. The summed E-state index contributed by atoms with van der Waals surface area (Å²) in [5.74, 6) is -1.12. The number of carbonyl (C=O) groups excluding carboxylic acids is 1. The van der Waals surface area contributed by atoms with Crippen LogP contribution < -0.4 is 11.1 Å². The number of carbonyl (C=O) groups is 2. The smallest absolute Gasteiger partial charge is 0.305 e. The Morgan fingerprint density at radius 2 is 1.55 bits per heavy atom. The molecule has 1 unspecified atom stereocenters. The molecule has 0 heterocycles. The SMILES string of the molecule is CC(C)(C)CC(CC(=O)O)NC(=O)C(C)(C)C(C)(C)N. The van der Waals surface area contributed by atoms with Crippen LogP contribution in [0.15, 0.2) is 0 Å². The normalized spacial score (nSPS) is 14.8. The van der Waals surface area contributed by atoms with Gasteiger partial charge in [0.25, 0.3) is 0 Å². The van der Waals surface area contributed by atoms with Crippen molar-refractivity contribution >= 4 is 11.9 Å². The number of amides is 1. The molecule has 4 N–H and O–H groups in total. The van der Waals surface area contributed by atoms with E-state index >= 15 is 0 Å². The molecular formula is C15H30N2O3. The highest BCUT2D eigenvalue weighted by molar-refractivity contribution is 5.84. The van der Waals surface area contributed by atoms with Crippen molar-refractivity contribution in [2.75, 3.05) is 0 Å². The zero-order valence-corrected chi connectivity index (χ0v) is 13.8. The quantitative estimate of drug-likeness (QED) is 0.697.